The number of carbonyl (C=O) groups is 2. The van der Waals surface area contributed by atoms with E-state index in [1.165, 1.54) is 41.3 Å². The maximum Gasteiger partial charge on any atom is 0.264 e. The molecule has 0 saturated heterocycles. The van der Waals surface area contributed by atoms with Gasteiger partial charge in [0.2, 0.25) is 11.8 Å². The van der Waals surface area contributed by atoms with Gasteiger partial charge in [0.1, 0.15) is 18.4 Å². The van der Waals surface area contributed by atoms with Crippen LogP contribution in [0.25, 0.3) is 0 Å². The van der Waals surface area contributed by atoms with Crippen LogP contribution in [0.3, 0.4) is 0 Å². The van der Waals surface area contributed by atoms with Gasteiger partial charge < -0.3 is 10.2 Å². The highest BCUT2D eigenvalue weighted by Crippen LogP contribution is 2.26. The van der Waals surface area contributed by atoms with Crippen LogP contribution in [0.15, 0.2) is 88.2 Å². The summed E-state index contributed by atoms with van der Waals surface area (Å²) in [5.41, 5.74) is 0.904. The van der Waals surface area contributed by atoms with Gasteiger partial charge in [0.05, 0.1) is 10.6 Å². The van der Waals surface area contributed by atoms with Gasteiger partial charge in [0.15, 0.2) is 0 Å². The monoisotopic (exact) mass is 603 g/mol. The number of anilines is 1. The Bertz CT molecular complexity index is 1320. The Kier molecular flexibility index (Phi) is 10.4. The molecule has 0 bridgehead atoms. The maximum atomic E-state index is 13.8. The van der Waals surface area contributed by atoms with Crippen molar-refractivity contribution in [2.24, 2.45) is 0 Å². The Hall–Kier alpha value is -3.24. The van der Waals surface area contributed by atoms with Crippen LogP contribution < -0.4 is 9.62 Å². The van der Waals surface area contributed by atoms with Gasteiger partial charge in [-0.1, -0.05) is 59.6 Å². The molecule has 3 aromatic rings. The van der Waals surface area contributed by atoms with Gasteiger partial charge in [-0.3, -0.25) is 13.9 Å². The Morgan fingerprint density at radius 2 is 1.61 bits per heavy atom. The lowest BCUT2D eigenvalue weighted by Gasteiger charge is -2.32. The van der Waals surface area contributed by atoms with E-state index in [-0.39, 0.29) is 17.3 Å². The van der Waals surface area contributed by atoms with Crippen molar-refractivity contribution in [3.8, 4) is 0 Å². The number of benzene rings is 3. The number of nitrogens with one attached hydrogen (secondary N) is 1. The molecule has 7 nitrogen and oxygen atoms in total. The molecule has 1 N–H and O–H groups in total. The molecule has 0 aliphatic carbocycles. The SMILES string of the molecule is CCCCNC(=O)[C@@H](C)N(Cc1ccc(F)cc1)C(=O)CN(c1ccc(Br)cc1)S(=O)(=O)c1ccccc1. The topological polar surface area (TPSA) is 86.8 Å². The molecule has 0 heterocycles. The Morgan fingerprint density at radius 1 is 0.974 bits per heavy atom. The van der Waals surface area contributed by atoms with Crippen molar-refractivity contribution in [3.05, 3.63) is 94.7 Å². The minimum Gasteiger partial charge on any atom is -0.354 e. The first kappa shape index (κ1) is 29.3. The zero-order valence-corrected chi connectivity index (χ0v) is 23.7. The van der Waals surface area contributed by atoms with Crippen LogP contribution in [-0.2, 0) is 26.2 Å². The predicted octanol–water partition coefficient (Wildman–Crippen LogP) is 5.12. The van der Waals surface area contributed by atoms with Gasteiger partial charge in [-0.15, -0.1) is 0 Å². The molecule has 3 aromatic carbocycles. The van der Waals surface area contributed by atoms with E-state index in [9.17, 15) is 22.4 Å². The van der Waals surface area contributed by atoms with Crippen LogP contribution >= 0.6 is 15.9 Å². The molecule has 0 unspecified atom stereocenters. The van der Waals surface area contributed by atoms with Crippen molar-refractivity contribution in [1.29, 1.82) is 0 Å². The Balaban J connectivity index is 1.97. The first-order valence-corrected chi connectivity index (χ1v) is 14.5. The molecule has 0 aromatic heterocycles. The standard InChI is InChI=1S/C28H31BrFN3O4S/c1-3-4-18-31-28(35)21(2)32(19-22-10-14-24(30)15-11-22)27(34)20-33(25-16-12-23(29)13-17-25)38(36,37)26-8-6-5-7-9-26/h5-17,21H,3-4,18-20H2,1-2H3,(H,31,35)/t21-/m1/s1. The number of nitrogens with zero attached hydrogens (tertiary/aromatic N) is 2. The average molecular weight is 605 g/mol. The molecule has 2 amide bonds. The van der Waals surface area contributed by atoms with Gasteiger partial charge >= 0.3 is 0 Å². The summed E-state index contributed by atoms with van der Waals surface area (Å²) in [6.07, 6.45) is 1.68. The van der Waals surface area contributed by atoms with Gasteiger partial charge in [0, 0.05) is 17.6 Å². The van der Waals surface area contributed by atoms with Crippen LogP contribution in [0.1, 0.15) is 32.3 Å². The molecule has 0 aliphatic rings. The van der Waals surface area contributed by atoms with E-state index in [1.807, 2.05) is 6.92 Å². The molecule has 202 valence electrons. The summed E-state index contributed by atoms with van der Waals surface area (Å²) in [5.74, 6) is -1.35. The average Bonchev–Trinajstić information content (AvgIpc) is 2.92. The number of halogens is 2. The molecular formula is C28H31BrFN3O4S. The number of rotatable bonds is 12. The third kappa shape index (κ3) is 7.64. The van der Waals surface area contributed by atoms with Gasteiger partial charge in [0.25, 0.3) is 10.0 Å². The lowest BCUT2D eigenvalue weighted by molar-refractivity contribution is -0.139. The van der Waals surface area contributed by atoms with E-state index in [2.05, 4.69) is 21.2 Å². The number of sulfonamides is 1. The summed E-state index contributed by atoms with van der Waals surface area (Å²) >= 11 is 3.35. The molecular weight excluding hydrogens is 573 g/mol. The van der Waals surface area contributed by atoms with Gasteiger partial charge in [-0.2, -0.15) is 0 Å². The molecule has 10 heteroatoms. The summed E-state index contributed by atoms with van der Waals surface area (Å²) in [7, 11) is -4.12. The van der Waals surface area contributed by atoms with Gasteiger partial charge in [-0.05, 0) is 67.4 Å². The fraction of sp³-hybridized carbons (Fsp3) is 0.286. The number of hydrogen-bond donors (Lipinski definition) is 1. The number of carbonyl (C=O) groups excluding carboxylic acids is 2. The summed E-state index contributed by atoms with van der Waals surface area (Å²) < 4.78 is 42.6. The first-order valence-electron chi connectivity index (χ1n) is 12.3. The maximum absolute atomic E-state index is 13.8. The van der Waals surface area contributed by atoms with Crippen molar-refractivity contribution >= 4 is 43.5 Å². The van der Waals surface area contributed by atoms with Crippen molar-refractivity contribution in [2.75, 3.05) is 17.4 Å². The fourth-order valence-electron chi connectivity index (χ4n) is 3.76. The summed E-state index contributed by atoms with van der Waals surface area (Å²) in [6.45, 7) is 3.53. The van der Waals surface area contributed by atoms with Crippen molar-refractivity contribution < 1.29 is 22.4 Å². The largest absolute Gasteiger partial charge is 0.354 e. The van der Waals surface area contributed by atoms with Crippen LogP contribution in [-0.4, -0.2) is 44.3 Å². The van der Waals surface area contributed by atoms with Crippen molar-refractivity contribution in [3.63, 3.8) is 0 Å². The van der Waals surface area contributed by atoms with E-state index in [1.54, 1.807) is 49.4 Å². The molecule has 0 fully saturated rings. The van der Waals surface area contributed by atoms with E-state index in [0.717, 1.165) is 21.6 Å². The van der Waals surface area contributed by atoms with Crippen molar-refractivity contribution in [2.45, 2.75) is 44.2 Å². The third-order valence-electron chi connectivity index (χ3n) is 5.99. The van der Waals surface area contributed by atoms with Crippen LogP contribution in [0.4, 0.5) is 10.1 Å². The van der Waals surface area contributed by atoms with E-state index in [4.69, 9.17) is 0 Å². The molecule has 0 aliphatic heterocycles. The summed E-state index contributed by atoms with van der Waals surface area (Å²) in [6, 6.07) is 19.2. The third-order valence-corrected chi connectivity index (χ3v) is 8.30. The zero-order chi connectivity index (χ0) is 27.7. The number of unbranched alkanes of at least 4 members (excludes halogenated alkanes) is 1. The fourth-order valence-corrected chi connectivity index (χ4v) is 5.46. The first-order chi connectivity index (χ1) is 18.1. The zero-order valence-electron chi connectivity index (χ0n) is 21.3. The molecule has 3 rings (SSSR count). The summed E-state index contributed by atoms with van der Waals surface area (Å²) in [5, 5.41) is 2.83. The van der Waals surface area contributed by atoms with E-state index in [0.29, 0.717) is 17.8 Å². The van der Waals surface area contributed by atoms with Crippen LogP contribution in [0, 0.1) is 5.82 Å². The smallest absolute Gasteiger partial charge is 0.264 e. The highest BCUT2D eigenvalue weighted by Gasteiger charge is 2.32. The van der Waals surface area contributed by atoms with E-state index >= 15 is 0 Å². The predicted molar refractivity (Wildman–Crippen MR) is 149 cm³/mol. The molecule has 38 heavy (non-hydrogen) atoms. The second-order valence-corrected chi connectivity index (χ2v) is 11.5. The Morgan fingerprint density at radius 3 is 2.21 bits per heavy atom. The second kappa shape index (κ2) is 13.5. The molecule has 0 radical (unpaired) electrons. The minimum absolute atomic E-state index is 0.00103. The number of amides is 2. The highest BCUT2D eigenvalue weighted by molar-refractivity contribution is 9.10. The summed E-state index contributed by atoms with van der Waals surface area (Å²) in [4.78, 5) is 28.0. The quantitative estimate of drug-likeness (QED) is 0.291. The normalized spacial score (nSPS) is 12.0. The lowest BCUT2D eigenvalue weighted by atomic mass is 10.1. The molecule has 0 saturated carbocycles. The second-order valence-electron chi connectivity index (χ2n) is 8.77. The van der Waals surface area contributed by atoms with Gasteiger partial charge in [-0.25, -0.2) is 12.8 Å². The van der Waals surface area contributed by atoms with E-state index < -0.39 is 34.3 Å². The lowest BCUT2D eigenvalue weighted by Crippen LogP contribution is -2.51. The highest BCUT2D eigenvalue weighted by atomic mass is 79.9. The Labute approximate surface area is 231 Å². The minimum atomic E-state index is -4.12. The molecule has 0 spiro atoms. The molecule has 1 atom stereocenters. The number of hydrogen-bond acceptors (Lipinski definition) is 4. The van der Waals surface area contributed by atoms with Crippen molar-refractivity contribution in [1.82, 2.24) is 10.2 Å². The van der Waals surface area contributed by atoms with Crippen LogP contribution in [0.5, 0.6) is 0 Å². The van der Waals surface area contributed by atoms with Crippen LogP contribution in [0.2, 0.25) is 0 Å².